The third kappa shape index (κ3) is 2.87. The number of ether oxygens (including phenoxy) is 1. The molecule has 0 unspecified atom stereocenters. The van der Waals surface area contributed by atoms with Crippen LogP contribution in [-0.2, 0) is 0 Å². The number of halogens is 1. The topological polar surface area (TPSA) is 43.4 Å². The minimum atomic E-state index is -0.893. The van der Waals surface area contributed by atoms with Gasteiger partial charge >= 0.3 is 5.43 Å². The number of benzene rings is 1. The fourth-order valence-corrected chi connectivity index (χ4v) is 0.939. The SMILES string of the molecule is CC(=O)c1ccc(OC(=O)Cl)cc1. The molecule has 68 valence electrons. The van der Waals surface area contributed by atoms with Crippen molar-refractivity contribution in [2.75, 3.05) is 0 Å². The molecule has 3 nitrogen and oxygen atoms in total. The number of carbonyl (C=O) groups excluding carboxylic acids is 2. The van der Waals surface area contributed by atoms with Gasteiger partial charge in [0, 0.05) is 17.2 Å². The molecule has 0 N–H and O–H groups in total. The monoisotopic (exact) mass is 198 g/mol. The molecule has 0 aliphatic rings. The molecular weight excluding hydrogens is 192 g/mol. The third-order valence-electron chi connectivity index (χ3n) is 1.46. The van der Waals surface area contributed by atoms with Crippen LogP contribution in [0.5, 0.6) is 5.75 Å². The quantitative estimate of drug-likeness (QED) is 0.542. The van der Waals surface area contributed by atoms with Crippen molar-refractivity contribution < 1.29 is 14.3 Å². The van der Waals surface area contributed by atoms with Crippen LogP contribution in [0, 0.1) is 0 Å². The molecular formula is C9H7ClO3. The molecule has 0 aromatic heterocycles. The third-order valence-corrected chi connectivity index (χ3v) is 1.54. The summed E-state index contributed by atoms with van der Waals surface area (Å²) >= 11 is 4.99. The van der Waals surface area contributed by atoms with Crippen LogP contribution in [-0.4, -0.2) is 11.2 Å². The molecule has 0 heterocycles. The van der Waals surface area contributed by atoms with E-state index >= 15 is 0 Å². The zero-order valence-corrected chi connectivity index (χ0v) is 7.67. The Hall–Kier alpha value is -1.35. The minimum absolute atomic E-state index is 0.0382. The molecule has 0 spiro atoms. The number of ketones is 1. The summed E-state index contributed by atoms with van der Waals surface area (Å²) in [6.07, 6.45) is 0. The lowest BCUT2D eigenvalue weighted by Crippen LogP contribution is -1.97. The van der Waals surface area contributed by atoms with Crippen molar-refractivity contribution in [3.05, 3.63) is 29.8 Å². The van der Waals surface area contributed by atoms with Gasteiger partial charge < -0.3 is 4.74 Å². The number of rotatable bonds is 2. The zero-order chi connectivity index (χ0) is 9.84. The highest BCUT2D eigenvalue weighted by Gasteiger charge is 2.01. The molecule has 1 aromatic rings. The van der Waals surface area contributed by atoms with Crippen LogP contribution >= 0.6 is 11.6 Å². The Morgan fingerprint density at radius 3 is 2.15 bits per heavy atom. The van der Waals surface area contributed by atoms with Crippen molar-refractivity contribution in [1.29, 1.82) is 0 Å². The number of hydrogen-bond acceptors (Lipinski definition) is 3. The highest BCUT2D eigenvalue weighted by Crippen LogP contribution is 2.13. The first-order valence-electron chi connectivity index (χ1n) is 3.58. The van der Waals surface area contributed by atoms with E-state index in [0.717, 1.165) is 0 Å². The van der Waals surface area contributed by atoms with Crippen LogP contribution < -0.4 is 4.74 Å². The molecule has 0 saturated heterocycles. The summed E-state index contributed by atoms with van der Waals surface area (Å²) in [7, 11) is 0. The molecule has 0 fully saturated rings. The molecule has 0 amide bonds. The fourth-order valence-electron chi connectivity index (χ4n) is 0.850. The summed E-state index contributed by atoms with van der Waals surface area (Å²) in [5.41, 5.74) is -0.329. The van der Waals surface area contributed by atoms with Crippen molar-refractivity contribution in [2.24, 2.45) is 0 Å². The molecule has 0 saturated carbocycles. The molecule has 13 heavy (non-hydrogen) atoms. The van der Waals surface area contributed by atoms with Crippen molar-refractivity contribution in [3.63, 3.8) is 0 Å². The van der Waals surface area contributed by atoms with E-state index in [2.05, 4.69) is 4.74 Å². The second kappa shape index (κ2) is 4.05. The maximum absolute atomic E-state index is 10.8. The molecule has 0 aliphatic carbocycles. The van der Waals surface area contributed by atoms with E-state index < -0.39 is 5.43 Å². The van der Waals surface area contributed by atoms with Gasteiger partial charge in [0.15, 0.2) is 5.78 Å². The lowest BCUT2D eigenvalue weighted by Gasteiger charge is -1.99. The van der Waals surface area contributed by atoms with E-state index in [0.29, 0.717) is 11.3 Å². The van der Waals surface area contributed by atoms with E-state index in [9.17, 15) is 9.59 Å². The Morgan fingerprint density at radius 2 is 1.77 bits per heavy atom. The van der Waals surface area contributed by atoms with Gasteiger partial charge in [-0.25, -0.2) is 4.79 Å². The van der Waals surface area contributed by atoms with E-state index in [4.69, 9.17) is 11.6 Å². The van der Waals surface area contributed by atoms with Gasteiger partial charge in [0.1, 0.15) is 5.75 Å². The molecule has 1 rings (SSSR count). The smallest absolute Gasteiger partial charge is 0.409 e. The van der Waals surface area contributed by atoms with E-state index in [1.165, 1.54) is 19.1 Å². The van der Waals surface area contributed by atoms with Crippen LogP contribution in [0.1, 0.15) is 17.3 Å². The summed E-state index contributed by atoms with van der Waals surface area (Å²) < 4.78 is 4.56. The van der Waals surface area contributed by atoms with Crippen LogP contribution in [0.2, 0.25) is 0 Å². The van der Waals surface area contributed by atoms with Crippen LogP contribution in [0.15, 0.2) is 24.3 Å². The van der Waals surface area contributed by atoms with Gasteiger partial charge in [-0.2, -0.15) is 0 Å². The minimum Gasteiger partial charge on any atom is -0.415 e. The summed E-state index contributed by atoms with van der Waals surface area (Å²) in [4.78, 5) is 21.2. The van der Waals surface area contributed by atoms with Crippen LogP contribution in [0.4, 0.5) is 4.79 Å². The standard InChI is InChI=1S/C9H7ClO3/c1-6(11)7-2-4-8(5-3-7)13-9(10)12/h2-5H,1H3. The Morgan fingerprint density at radius 1 is 1.23 bits per heavy atom. The molecule has 4 heteroatoms. The second-order valence-corrected chi connectivity index (χ2v) is 2.73. The summed E-state index contributed by atoms with van der Waals surface area (Å²) in [6.45, 7) is 1.46. The first kappa shape index (κ1) is 9.74. The molecule has 1 aromatic carbocycles. The van der Waals surface area contributed by atoms with Crippen molar-refractivity contribution in [2.45, 2.75) is 6.92 Å². The number of hydrogen-bond donors (Lipinski definition) is 0. The number of Topliss-reactive ketones (excluding diaryl/α,β-unsaturated/α-hetero) is 1. The van der Waals surface area contributed by atoms with Gasteiger partial charge in [0.25, 0.3) is 0 Å². The van der Waals surface area contributed by atoms with Crippen LogP contribution in [0.25, 0.3) is 0 Å². The van der Waals surface area contributed by atoms with Gasteiger partial charge in [-0.1, -0.05) is 0 Å². The lowest BCUT2D eigenvalue weighted by atomic mass is 10.1. The van der Waals surface area contributed by atoms with Gasteiger partial charge in [-0.05, 0) is 31.2 Å². The second-order valence-electron chi connectivity index (χ2n) is 2.42. The summed E-state index contributed by atoms with van der Waals surface area (Å²) in [5, 5.41) is 0. The Balaban J connectivity index is 2.81. The number of carbonyl (C=O) groups is 2. The van der Waals surface area contributed by atoms with E-state index in [1.807, 2.05) is 0 Å². The average molecular weight is 199 g/mol. The normalized spacial score (nSPS) is 9.38. The first-order valence-corrected chi connectivity index (χ1v) is 3.95. The van der Waals surface area contributed by atoms with Crippen molar-refractivity contribution >= 4 is 22.8 Å². The van der Waals surface area contributed by atoms with Gasteiger partial charge in [-0.15, -0.1) is 0 Å². The Kier molecular flexibility index (Phi) is 3.03. The predicted molar refractivity (Wildman–Crippen MR) is 48.3 cm³/mol. The predicted octanol–water partition coefficient (Wildman–Crippen LogP) is 2.63. The average Bonchev–Trinajstić information content (AvgIpc) is 2.04. The largest absolute Gasteiger partial charge is 0.415 e. The molecule has 0 bridgehead atoms. The molecule has 0 atom stereocenters. The Labute approximate surface area is 80.3 Å². The maximum Gasteiger partial charge on any atom is 0.409 e. The van der Waals surface area contributed by atoms with Gasteiger partial charge in [-0.3, -0.25) is 4.79 Å². The van der Waals surface area contributed by atoms with Crippen molar-refractivity contribution in [1.82, 2.24) is 0 Å². The summed E-state index contributed by atoms with van der Waals surface area (Å²) in [5.74, 6) is 0.286. The summed E-state index contributed by atoms with van der Waals surface area (Å²) in [6, 6.07) is 6.16. The van der Waals surface area contributed by atoms with E-state index in [-0.39, 0.29) is 5.78 Å². The fraction of sp³-hybridized carbons (Fsp3) is 0.111. The highest BCUT2D eigenvalue weighted by molar-refractivity contribution is 6.61. The highest BCUT2D eigenvalue weighted by atomic mass is 35.5. The lowest BCUT2D eigenvalue weighted by molar-refractivity contribution is 0.101. The van der Waals surface area contributed by atoms with Gasteiger partial charge in [0.2, 0.25) is 0 Å². The Bertz CT molecular complexity index is 329. The maximum atomic E-state index is 10.8. The van der Waals surface area contributed by atoms with Crippen molar-refractivity contribution in [3.8, 4) is 5.75 Å². The molecule has 0 radical (unpaired) electrons. The first-order chi connectivity index (χ1) is 6.09. The van der Waals surface area contributed by atoms with Gasteiger partial charge in [0.05, 0.1) is 0 Å². The molecule has 0 aliphatic heterocycles. The van der Waals surface area contributed by atoms with Crippen LogP contribution in [0.3, 0.4) is 0 Å². The van der Waals surface area contributed by atoms with E-state index in [1.54, 1.807) is 12.1 Å². The zero-order valence-electron chi connectivity index (χ0n) is 6.91.